The number of nitrogens with one attached hydrogen (secondary N) is 1. The van der Waals surface area contributed by atoms with Crippen LogP contribution in [0.4, 0.5) is 0 Å². The van der Waals surface area contributed by atoms with Crippen LogP contribution < -0.4 is 5.32 Å². The summed E-state index contributed by atoms with van der Waals surface area (Å²) in [5.74, 6) is -1.20. The third kappa shape index (κ3) is 3.34. The molecule has 0 aromatic carbocycles. The van der Waals surface area contributed by atoms with Gasteiger partial charge in [0.25, 0.3) is 0 Å². The molecule has 5 nitrogen and oxygen atoms in total. The van der Waals surface area contributed by atoms with Gasteiger partial charge < -0.3 is 15.3 Å². The van der Waals surface area contributed by atoms with Gasteiger partial charge in [-0.3, -0.25) is 9.59 Å². The molecule has 0 saturated carbocycles. The van der Waals surface area contributed by atoms with E-state index in [1.165, 1.54) is 11.9 Å². The Balaban J connectivity index is 4.03. The van der Waals surface area contributed by atoms with E-state index in [1.807, 2.05) is 0 Å². The molecule has 0 bridgehead atoms. The van der Waals surface area contributed by atoms with E-state index < -0.39 is 12.0 Å². The molecule has 0 aromatic heterocycles. The number of hydrogen-bond donors (Lipinski definition) is 2. The summed E-state index contributed by atoms with van der Waals surface area (Å²) >= 11 is 0. The van der Waals surface area contributed by atoms with Crippen molar-refractivity contribution in [2.24, 2.45) is 0 Å². The van der Waals surface area contributed by atoms with Crippen LogP contribution in [0.15, 0.2) is 0 Å². The van der Waals surface area contributed by atoms with E-state index in [2.05, 4.69) is 5.32 Å². The summed E-state index contributed by atoms with van der Waals surface area (Å²) < 4.78 is 0. The zero-order valence-electron chi connectivity index (χ0n) is 7.50. The summed E-state index contributed by atoms with van der Waals surface area (Å²) in [4.78, 5) is 22.9. The van der Waals surface area contributed by atoms with Gasteiger partial charge in [-0.15, -0.1) is 0 Å². The van der Waals surface area contributed by atoms with Gasteiger partial charge in [0.1, 0.15) is 6.04 Å². The fourth-order valence-electron chi connectivity index (χ4n) is 0.670. The highest BCUT2D eigenvalue weighted by Crippen LogP contribution is 1.94. The molecule has 70 valence electrons. The Labute approximate surface area is 71.4 Å². The lowest BCUT2D eigenvalue weighted by atomic mass is 10.2. The first kappa shape index (κ1) is 10.9. The lowest BCUT2D eigenvalue weighted by Gasteiger charge is -2.14. The summed E-state index contributed by atoms with van der Waals surface area (Å²) in [5, 5.41) is 11.1. The molecule has 0 aliphatic carbocycles. The molecule has 1 unspecified atom stereocenters. The van der Waals surface area contributed by atoms with Crippen LogP contribution in [0.2, 0.25) is 0 Å². The number of aliphatic carboxylic acids is 1. The standard InChI is InChI=1S/C7H14N2O3/c1-8-5(7(11)12)4-6(10)9(2)3/h5,8H,4H2,1-3H3,(H,11,12). The van der Waals surface area contributed by atoms with Gasteiger partial charge in [-0.1, -0.05) is 0 Å². The second-order valence-corrected chi connectivity index (χ2v) is 2.67. The lowest BCUT2D eigenvalue weighted by molar-refractivity contribution is -0.142. The van der Waals surface area contributed by atoms with Crippen molar-refractivity contribution in [3.05, 3.63) is 0 Å². The minimum absolute atomic E-state index is 0.0150. The second kappa shape index (κ2) is 4.71. The summed E-state index contributed by atoms with van der Waals surface area (Å²) in [6.07, 6.45) is -0.0150. The molecule has 12 heavy (non-hydrogen) atoms. The van der Waals surface area contributed by atoms with Crippen LogP contribution in [-0.2, 0) is 9.59 Å². The van der Waals surface area contributed by atoms with Crippen LogP contribution in [-0.4, -0.2) is 49.1 Å². The van der Waals surface area contributed by atoms with Gasteiger partial charge in [-0.05, 0) is 7.05 Å². The van der Waals surface area contributed by atoms with Crippen LogP contribution in [0, 0.1) is 0 Å². The van der Waals surface area contributed by atoms with Crippen molar-refractivity contribution in [2.75, 3.05) is 21.1 Å². The molecule has 0 fully saturated rings. The maximum Gasteiger partial charge on any atom is 0.321 e. The number of carbonyl (C=O) groups excluding carboxylic acids is 1. The van der Waals surface area contributed by atoms with Gasteiger partial charge in [0.15, 0.2) is 0 Å². The van der Waals surface area contributed by atoms with E-state index in [4.69, 9.17) is 5.11 Å². The van der Waals surface area contributed by atoms with Crippen molar-refractivity contribution in [3.8, 4) is 0 Å². The van der Waals surface area contributed by atoms with Gasteiger partial charge >= 0.3 is 5.97 Å². The monoisotopic (exact) mass is 174 g/mol. The van der Waals surface area contributed by atoms with Crippen molar-refractivity contribution in [1.29, 1.82) is 0 Å². The third-order valence-corrected chi connectivity index (χ3v) is 1.52. The molecule has 0 heterocycles. The van der Waals surface area contributed by atoms with E-state index in [1.54, 1.807) is 14.1 Å². The van der Waals surface area contributed by atoms with Crippen molar-refractivity contribution in [2.45, 2.75) is 12.5 Å². The first-order chi connectivity index (χ1) is 5.49. The fourth-order valence-corrected chi connectivity index (χ4v) is 0.670. The predicted octanol–water partition coefficient (Wildman–Crippen LogP) is -0.863. The van der Waals surface area contributed by atoms with Crippen molar-refractivity contribution >= 4 is 11.9 Å². The zero-order valence-corrected chi connectivity index (χ0v) is 7.50. The van der Waals surface area contributed by atoms with Gasteiger partial charge in [0.05, 0.1) is 6.42 Å². The number of rotatable bonds is 4. The van der Waals surface area contributed by atoms with Crippen molar-refractivity contribution < 1.29 is 14.7 Å². The van der Waals surface area contributed by atoms with Gasteiger partial charge in [-0.25, -0.2) is 0 Å². The van der Waals surface area contributed by atoms with Crippen molar-refractivity contribution in [1.82, 2.24) is 10.2 Å². The average molecular weight is 174 g/mol. The summed E-state index contributed by atoms with van der Waals surface area (Å²) in [6, 6.07) is -0.792. The molecule has 1 amide bonds. The maximum absolute atomic E-state index is 11.0. The van der Waals surface area contributed by atoms with Gasteiger partial charge in [0.2, 0.25) is 5.91 Å². The van der Waals surface area contributed by atoms with E-state index in [9.17, 15) is 9.59 Å². The van der Waals surface area contributed by atoms with Crippen LogP contribution in [0.1, 0.15) is 6.42 Å². The number of amides is 1. The first-order valence-electron chi connectivity index (χ1n) is 3.59. The summed E-state index contributed by atoms with van der Waals surface area (Å²) in [6.45, 7) is 0. The molecule has 0 aromatic rings. The van der Waals surface area contributed by atoms with Crippen LogP contribution in [0.3, 0.4) is 0 Å². The molecule has 0 radical (unpaired) electrons. The van der Waals surface area contributed by atoms with Crippen LogP contribution in [0.25, 0.3) is 0 Å². The number of carbonyl (C=O) groups is 2. The Morgan fingerprint density at radius 1 is 1.50 bits per heavy atom. The second-order valence-electron chi connectivity index (χ2n) is 2.67. The molecule has 0 spiro atoms. The minimum Gasteiger partial charge on any atom is -0.480 e. The fraction of sp³-hybridized carbons (Fsp3) is 0.714. The first-order valence-corrected chi connectivity index (χ1v) is 3.59. The quantitative estimate of drug-likeness (QED) is 0.581. The average Bonchev–Trinajstić information content (AvgIpc) is 1.98. The molecule has 0 saturated heterocycles. The molecular weight excluding hydrogens is 160 g/mol. The SMILES string of the molecule is CNC(CC(=O)N(C)C)C(=O)O. The van der Waals surface area contributed by atoms with E-state index in [-0.39, 0.29) is 12.3 Å². The number of hydrogen-bond acceptors (Lipinski definition) is 3. The Morgan fingerprint density at radius 3 is 2.25 bits per heavy atom. The highest BCUT2D eigenvalue weighted by atomic mass is 16.4. The van der Waals surface area contributed by atoms with Crippen LogP contribution >= 0.6 is 0 Å². The Bertz CT molecular complexity index is 179. The molecule has 5 heteroatoms. The molecule has 0 rings (SSSR count). The number of nitrogens with zero attached hydrogens (tertiary/aromatic N) is 1. The van der Waals surface area contributed by atoms with Gasteiger partial charge in [0, 0.05) is 14.1 Å². The molecule has 2 N–H and O–H groups in total. The summed E-state index contributed by atoms with van der Waals surface area (Å²) in [5.41, 5.74) is 0. The third-order valence-electron chi connectivity index (χ3n) is 1.52. The molecule has 1 atom stereocenters. The summed E-state index contributed by atoms with van der Waals surface area (Å²) in [7, 11) is 4.70. The van der Waals surface area contributed by atoms with E-state index in [0.29, 0.717) is 0 Å². The Hall–Kier alpha value is -1.10. The van der Waals surface area contributed by atoms with E-state index in [0.717, 1.165) is 0 Å². The van der Waals surface area contributed by atoms with Crippen molar-refractivity contribution in [3.63, 3.8) is 0 Å². The Kier molecular flexibility index (Phi) is 4.28. The molecule has 0 aliphatic heterocycles. The normalized spacial score (nSPS) is 12.2. The topological polar surface area (TPSA) is 69.6 Å². The largest absolute Gasteiger partial charge is 0.480 e. The number of carboxylic acids is 1. The predicted molar refractivity (Wildman–Crippen MR) is 43.8 cm³/mol. The van der Waals surface area contributed by atoms with Gasteiger partial charge in [-0.2, -0.15) is 0 Å². The highest BCUT2D eigenvalue weighted by Gasteiger charge is 2.19. The maximum atomic E-state index is 11.0. The Morgan fingerprint density at radius 2 is 2.00 bits per heavy atom. The smallest absolute Gasteiger partial charge is 0.321 e. The molecular formula is C7H14N2O3. The van der Waals surface area contributed by atoms with E-state index >= 15 is 0 Å². The van der Waals surface area contributed by atoms with Crippen LogP contribution in [0.5, 0.6) is 0 Å². The number of carboxylic acid groups (broad SMARTS) is 1. The highest BCUT2D eigenvalue weighted by molar-refractivity contribution is 5.84. The lowest BCUT2D eigenvalue weighted by Crippen LogP contribution is -2.38. The molecule has 0 aliphatic rings. The number of likely N-dealkylation sites (N-methyl/N-ethyl adjacent to an activating group) is 1. The minimum atomic E-state index is -1.01. The zero-order chi connectivity index (χ0) is 9.72.